The van der Waals surface area contributed by atoms with Crippen molar-refractivity contribution in [1.29, 1.82) is 0 Å². The lowest BCUT2D eigenvalue weighted by atomic mass is 9.97. The highest BCUT2D eigenvalue weighted by molar-refractivity contribution is 5.26. The molecule has 0 heterocycles. The van der Waals surface area contributed by atoms with Gasteiger partial charge >= 0.3 is 0 Å². The first kappa shape index (κ1) is 14.8. The van der Waals surface area contributed by atoms with Crippen LogP contribution in [-0.4, -0.2) is 0 Å². The summed E-state index contributed by atoms with van der Waals surface area (Å²) >= 11 is 0. The lowest BCUT2D eigenvalue weighted by Gasteiger charge is -2.17. The molecule has 2 heteroatoms. The smallest absolute Gasteiger partial charge is 0.0460 e. The molecular formula is C18H24N2. The van der Waals surface area contributed by atoms with E-state index in [0.717, 1.165) is 25.7 Å². The van der Waals surface area contributed by atoms with E-state index in [4.69, 9.17) is 5.84 Å². The van der Waals surface area contributed by atoms with E-state index in [9.17, 15) is 0 Å². The highest BCUT2D eigenvalue weighted by Gasteiger charge is 2.09. The van der Waals surface area contributed by atoms with Gasteiger partial charge in [0.25, 0.3) is 0 Å². The van der Waals surface area contributed by atoms with Gasteiger partial charge in [-0.1, -0.05) is 61.5 Å². The van der Waals surface area contributed by atoms with Crippen LogP contribution in [0.15, 0.2) is 54.6 Å². The molecule has 2 aromatic carbocycles. The van der Waals surface area contributed by atoms with Gasteiger partial charge in [-0.2, -0.15) is 0 Å². The number of hydrazine groups is 1. The summed E-state index contributed by atoms with van der Waals surface area (Å²) in [5.74, 6) is 5.73. The maximum absolute atomic E-state index is 5.73. The van der Waals surface area contributed by atoms with Gasteiger partial charge in [0.05, 0.1) is 0 Å². The molecule has 0 radical (unpaired) electrons. The standard InChI is InChI=1S/C18H24N2/c1-2-15-10-6-12-17(14-15)18(20-19)13-7-11-16-8-4-3-5-9-16/h3-6,8-10,12,14,18,20H,2,7,11,13,19H2,1H3. The van der Waals surface area contributed by atoms with Crippen LogP contribution in [0.2, 0.25) is 0 Å². The molecule has 1 unspecified atom stereocenters. The lowest BCUT2D eigenvalue weighted by molar-refractivity contribution is 0.498. The molecule has 20 heavy (non-hydrogen) atoms. The SMILES string of the molecule is CCc1cccc(C(CCCc2ccccc2)NN)c1. The Morgan fingerprint density at radius 1 is 1.00 bits per heavy atom. The Hall–Kier alpha value is -1.64. The molecule has 106 valence electrons. The first-order chi connectivity index (χ1) is 9.83. The predicted octanol–water partition coefficient (Wildman–Crippen LogP) is 3.78. The van der Waals surface area contributed by atoms with Gasteiger partial charge in [-0.3, -0.25) is 11.3 Å². The summed E-state index contributed by atoms with van der Waals surface area (Å²) in [5, 5.41) is 0. The molecule has 1 atom stereocenters. The molecule has 2 aromatic rings. The fraction of sp³-hybridized carbons (Fsp3) is 0.333. The first-order valence-corrected chi connectivity index (χ1v) is 7.42. The van der Waals surface area contributed by atoms with Crippen LogP contribution in [0.3, 0.4) is 0 Å². The van der Waals surface area contributed by atoms with Gasteiger partial charge in [0.1, 0.15) is 0 Å². The highest BCUT2D eigenvalue weighted by atomic mass is 15.2. The summed E-state index contributed by atoms with van der Waals surface area (Å²) in [7, 11) is 0. The molecule has 2 nitrogen and oxygen atoms in total. The van der Waals surface area contributed by atoms with Crippen LogP contribution in [0.25, 0.3) is 0 Å². The third-order valence-electron chi connectivity index (χ3n) is 3.76. The molecule has 0 amide bonds. The Balaban J connectivity index is 1.91. The van der Waals surface area contributed by atoms with Crippen LogP contribution in [0.1, 0.15) is 42.5 Å². The van der Waals surface area contributed by atoms with Gasteiger partial charge in [-0.15, -0.1) is 0 Å². The minimum Gasteiger partial charge on any atom is -0.271 e. The van der Waals surface area contributed by atoms with E-state index in [1.807, 2.05) is 0 Å². The van der Waals surface area contributed by atoms with Crippen molar-refractivity contribution in [2.45, 2.75) is 38.6 Å². The number of nitrogens with one attached hydrogen (secondary N) is 1. The molecule has 0 spiro atoms. The molecule has 0 saturated carbocycles. The molecule has 0 bridgehead atoms. The number of aryl methyl sites for hydroxylation is 2. The van der Waals surface area contributed by atoms with Gasteiger partial charge in [-0.05, 0) is 42.4 Å². The maximum Gasteiger partial charge on any atom is 0.0460 e. The third-order valence-corrected chi connectivity index (χ3v) is 3.76. The Kier molecular flexibility index (Phi) is 5.78. The number of hydrogen-bond donors (Lipinski definition) is 2. The van der Waals surface area contributed by atoms with Gasteiger partial charge in [-0.25, -0.2) is 0 Å². The van der Waals surface area contributed by atoms with Gasteiger partial charge < -0.3 is 0 Å². The van der Waals surface area contributed by atoms with E-state index in [0.29, 0.717) is 0 Å². The second kappa shape index (κ2) is 7.83. The highest BCUT2D eigenvalue weighted by Crippen LogP contribution is 2.20. The van der Waals surface area contributed by atoms with Crippen molar-refractivity contribution < 1.29 is 0 Å². The monoisotopic (exact) mass is 268 g/mol. The number of nitrogens with two attached hydrogens (primary N) is 1. The van der Waals surface area contributed by atoms with Crippen molar-refractivity contribution in [3.05, 3.63) is 71.3 Å². The second-order valence-electron chi connectivity index (χ2n) is 5.20. The zero-order chi connectivity index (χ0) is 14.2. The van der Waals surface area contributed by atoms with Crippen LogP contribution < -0.4 is 11.3 Å². The Morgan fingerprint density at radius 2 is 1.75 bits per heavy atom. The van der Waals surface area contributed by atoms with E-state index in [-0.39, 0.29) is 6.04 Å². The van der Waals surface area contributed by atoms with Crippen molar-refractivity contribution >= 4 is 0 Å². The number of hydrogen-bond acceptors (Lipinski definition) is 2. The molecular weight excluding hydrogens is 244 g/mol. The minimum absolute atomic E-state index is 0.241. The van der Waals surface area contributed by atoms with Gasteiger partial charge in [0.2, 0.25) is 0 Å². The van der Waals surface area contributed by atoms with Crippen molar-refractivity contribution in [2.75, 3.05) is 0 Å². The molecule has 0 aromatic heterocycles. The molecule has 3 N–H and O–H groups in total. The summed E-state index contributed by atoms with van der Waals surface area (Å²) in [6.45, 7) is 2.18. The summed E-state index contributed by atoms with van der Waals surface area (Å²) in [4.78, 5) is 0. The molecule has 0 fully saturated rings. The fourth-order valence-electron chi connectivity index (χ4n) is 2.53. The number of rotatable bonds is 7. The van der Waals surface area contributed by atoms with Crippen LogP contribution in [0.5, 0.6) is 0 Å². The molecule has 0 aliphatic heterocycles. The number of benzene rings is 2. The summed E-state index contributed by atoms with van der Waals surface area (Å²) < 4.78 is 0. The lowest BCUT2D eigenvalue weighted by Crippen LogP contribution is -2.28. The summed E-state index contributed by atoms with van der Waals surface area (Å²) in [6.07, 6.45) is 4.36. The van der Waals surface area contributed by atoms with E-state index in [1.54, 1.807) is 0 Å². The summed E-state index contributed by atoms with van der Waals surface area (Å²) in [6, 6.07) is 19.6. The van der Waals surface area contributed by atoms with Crippen molar-refractivity contribution in [3.8, 4) is 0 Å². The maximum atomic E-state index is 5.73. The average Bonchev–Trinajstić information content (AvgIpc) is 2.52. The van der Waals surface area contributed by atoms with Gasteiger partial charge in [0, 0.05) is 6.04 Å². The van der Waals surface area contributed by atoms with E-state index < -0.39 is 0 Å². The predicted molar refractivity (Wildman–Crippen MR) is 85.3 cm³/mol. The van der Waals surface area contributed by atoms with Crippen molar-refractivity contribution in [2.24, 2.45) is 5.84 Å². The molecule has 0 aliphatic carbocycles. The van der Waals surface area contributed by atoms with Crippen molar-refractivity contribution in [1.82, 2.24) is 5.43 Å². The van der Waals surface area contributed by atoms with E-state index >= 15 is 0 Å². The Bertz CT molecular complexity index is 508. The Morgan fingerprint density at radius 3 is 2.45 bits per heavy atom. The molecule has 0 aliphatic rings. The molecule has 0 saturated heterocycles. The van der Waals surface area contributed by atoms with E-state index in [2.05, 4.69) is 66.9 Å². The zero-order valence-corrected chi connectivity index (χ0v) is 12.2. The van der Waals surface area contributed by atoms with Crippen LogP contribution in [0, 0.1) is 0 Å². The van der Waals surface area contributed by atoms with Crippen LogP contribution in [-0.2, 0) is 12.8 Å². The zero-order valence-electron chi connectivity index (χ0n) is 12.2. The average molecular weight is 268 g/mol. The Labute approximate surface area is 122 Å². The fourth-order valence-corrected chi connectivity index (χ4v) is 2.53. The third kappa shape index (κ3) is 4.19. The quantitative estimate of drug-likeness (QED) is 0.592. The largest absolute Gasteiger partial charge is 0.271 e. The van der Waals surface area contributed by atoms with Crippen LogP contribution in [0.4, 0.5) is 0 Å². The van der Waals surface area contributed by atoms with Gasteiger partial charge in [0.15, 0.2) is 0 Å². The van der Waals surface area contributed by atoms with Crippen molar-refractivity contribution in [3.63, 3.8) is 0 Å². The normalized spacial score (nSPS) is 12.3. The van der Waals surface area contributed by atoms with Crippen LogP contribution >= 0.6 is 0 Å². The minimum atomic E-state index is 0.241. The second-order valence-corrected chi connectivity index (χ2v) is 5.20. The molecule has 2 rings (SSSR count). The van der Waals surface area contributed by atoms with E-state index in [1.165, 1.54) is 16.7 Å². The first-order valence-electron chi connectivity index (χ1n) is 7.42. The summed E-state index contributed by atoms with van der Waals surface area (Å²) in [5.41, 5.74) is 7.01. The topological polar surface area (TPSA) is 38.0 Å².